The summed E-state index contributed by atoms with van der Waals surface area (Å²) in [6, 6.07) is 4.99. The summed E-state index contributed by atoms with van der Waals surface area (Å²) in [5.41, 5.74) is 6.75. The Morgan fingerprint density at radius 3 is 2.88 bits per heavy atom. The molecule has 0 aliphatic heterocycles. The van der Waals surface area contributed by atoms with Gasteiger partial charge < -0.3 is 5.73 Å². The van der Waals surface area contributed by atoms with Gasteiger partial charge in [0.2, 0.25) is 5.13 Å². The first kappa shape index (κ1) is 12.0. The second kappa shape index (κ2) is 4.80. The van der Waals surface area contributed by atoms with Crippen LogP contribution in [-0.4, -0.2) is 15.3 Å². The van der Waals surface area contributed by atoms with E-state index < -0.39 is 0 Å². The average Bonchev–Trinajstić information content (AvgIpc) is 2.68. The number of carbonyl (C=O) groups is 1. The van der Waals surface area contributed by atoms with Gasteiger partial charge in [-0.05, 0) is 41.1 Å². The standard InChI is InChI=1S/C10H9BrN4OS/c1-5-13-10(17-15-5)14-9(16)6-2-3-8(12)7(11)4-6/h2-4H,12H2,1H3,(H,13,14,15,16). The number of aromatic nitrogens is 2. The van der Waals surface area contributed by atoms with Crippen LogP contribution in [0.1, 0.15) is 16.2 Å². The quantitative estimate of drug-likeness (QED) is 0.835. The molecule has 17 heavy (non-hydrogen) atoms. The maximum absolute atomic E-state index is 11.9. The van der Waals surface area contributed by atoms with Gasteiger partial charge in [-0.2, -0.15) is 4.37 Å². The summed E-state index contributed by atoms with van der Waals surface area (Å²) in [7, 11) is 0. The predicted octanol–water partition coefficient (Wildman–Crippen LogP) is 2.44. The van der Waals surface area contributed by atoms with Crippen LogP contribution < -0.4 is 11.1 Å². The number of halogens is 1. The van der Waals surface area contributed by atoms with Gasteiger partial charge in [0.1, 0.15) is 5.82 Å². The molecular formula is C10H9BrN4OS. The molecule has 0 aliphatic rings. The monoisotopic (exact) mass is 312 g/mol. The Hall–Kier alpha value is -1.47. The average molecular weight is 313 g/mol. The number of aryl methyl sites for hydroxylation is 1. The minimum absolute atomic E-state index is 0.234. The van der Waals surface area contributed by atoms with E-state index >= 15 is 0 Å². The highest BCUT2D eigenvalue weighted by Crippen LogP contribution is 2.21. The van der Waals surface area contributed by atoms with Crippen LogP contribution >= 0.6 is 27.5 Å². The van der Waals surface area contributed by atoms with Gasteiger partial charge in [0.25, 0.3) is 5.91 Å². The molecule has 0 fully saturated rings. The lowest BCUT2D eigenvalue weighted by Gasteiger charge is -2.03. The molecule has 0 unspecified atom stereocenters. The Bertz CT molecular complexity index is 569. The van der Waals surface area contributed by atoms with E-state index in [9.17, 15) is 4.79 Å². The molecule has 1 aromatic heterocycles. The number of nitrogens with zero attached hydrogens (tertiary/aromatic N) is 2. The molecule has 0 radical (unpaired) electrons. The first-order chi connectivity index (χ1) is 8.06. The first-order valence-corrected chi connectivity index (χ1v) is 6.29. The molecule has 0 atom stereocenters. The summed E-state index contributed by atoms with van der Waals surface area (Å²) >= 11 is 4.42. The highest BCUT2D eigenvalue weighted by molar-refractivity contribution is 9.10. The van der Waals surface area contributed by atoms with E-state index in [-0.39, 0.29) is 5.91 Å². The molecule has 3 N–H and O–H groups in total. The fourth-order valence-corrected chi connectivity index (χ4v) is 2.13. The number of nitrogen functional groups attached to an aromatic ring is 1. The second-order valence-electron chi connectivity index (χ2n) is 3.34. The van der Waals surface area contributed by atoms with Gasteiger partial charge in [0, 0.05) is 27.3 Å². The lowest BCUT2D eigenvalue weighted by atomic mass is 10.2. The van der Waals surface area contributed by atoms with Gasteiger partial charge >= 0.3 is 0 Å². The van der Waals surface area contributed by atoms with Gasteiger partial charge in [-0.15, -0.1) is 0 Å². The largest absolute Gasteiger partial charge is 0.398 e. The molecule has 0 aliphatic carbocycles. The first-order valence-electron chi connectivity index (χ1n) is 4.73. The SMILES string of the molecule is Cc1nsc(NC(=O)c2ccc(N)c(Br)c2)n1. The van der Waals surface area contributed by atoms with Crippen molar-refractivity contribution in [3.05, 3.63) is 34.1 Å². The van der Waals surface area contributed by atoms with Gasteiger partial charge in [-0.3, -0.25) is 10.1 Å². The van der Waals surface area contributed by atoms with Crippen LogP contribution in [0.25, 0.3) is 0 Å². The molecule has 5 nitrogen and oxygen atoms in total. The maximum atomic E-state index is 11.9. The highest BCUT2D eigenvalue weighted by atomic mass is 79.9. The zero-order valence-corrected chi connectivity index (χ0v) is 11.3. The summed E-state index contributed by atoms with van der Waals surface area (Å²) in [6.07, 6.45) is 0. The van der Waals surface area contributed by atoms with Crippen LogP contribution in [-0.2, 0) is 0 Å². The molecule has 2 rings (SSSR count). The van der Waals surface area contributed by atoms with Crippen LogP contribution in [0.3, 0.4) is 0 Å². The molecule has 1 aromatic carbocycles. The van der Waals surface area contributed by atoms with E-state index in [4.69, 9.17) is 5.73 Å². The summed E-state index contributed by atoms with van der Waals surface area (Å²) in [5.74, 6) is 0.408. The molecule has 0 saturated heterocycles. The summed E-state index contributed by atoms with van der Waals surface area (Å²) in [5, 5.41) is 3.16. The van der Waals surface area contributed by atoms with Crippen LogP contribution in [0.2, 0.25) is 0 Å². The Morgan fingerprint density at radius 1 is 1.53 bits per heavy atom. The van der Waals surface area contributed by atoms with Crippen LogP contribution in [0.15, 0.2) is 22.7 Å². The third-order valence-corrected chi connectivity index (χ3v) is 3.42. The molecule has 88 valence electrons. The second-order valence-corrected chi connectivity index (χ2v) is 4.94. The maximum Gasteiger partial charge on any atom is 0.257 e. The van der Waals surface area contributed by atoms with E-state index in [1.165, 1.54) is 0 Å². The van der Waals surface area contributed by atoms with Crippen molar-refractivity contribution in [3.63, 3.8) is 0 Å². The van der Waals surface area contributed by atoms with E-state index in [1.54, 1.807) is 25.1 Å². The van der Waals surface area contributed by atoms with Gasteiger partial charge in [0.05, 0.1) is 0 Å². The molecule has 0 saturated carbocycles. The number of hydrogen-bond donors (Lipinski definition) is 2. The Labute approximate surface area is 110 Å². The minimum atomic E-state index is -0.234. The molecular weight excluding hydrogens is 304 g/mol. The van der Waals surface area contributed by atoms with Crippen molar-refractivity contribution in [2.75, 3.05) is 11.1 Å². The number of amides is 1. The molecule has 0 bridgehead atoms. The van der Waals surface area contributed by atoms with Gasteiger partial charge in [-0.25, -0.2) is 4.98 Å². The van der Waals surface area contributed by atoms with E-state index in [0.717, 1.165) is 11.5 Å². The number of rotatable bonds is 2. The van der Waals surface area contributed by atoms with Crippen molar-refractivity contribution in [1.29, 1.82) is 0 Å². The van der Waals surface area contributed by atoms with Crippen LogP contribution in [0, 0.1) is 6.92 Å². The van der Waals surface area contributed by atoms with Crippen molar-refractivity contribution < 1.29 is 4.79 Å². The number of nitrogens with two attached hydrogens (primary N) is 1. The number of carbonyl (C=O) groups excluding carboxylic acids is 1. The van der Waals surface area contributed by atoms with Crippen LogP contribution in [0.5, 0.6) is 0 Å². The van der Waals surface area contributed by atoms with Crippen molar-refractivity contribution >= 4 is 44.2 Å². The van der Waals surface area contributed by atoms with Crippen LogP contribution in [0.4, 0.5) is 10.8 Å². The Kier molecular flexibility index (Phi) is 3.39. The number of benzene rings is 1. The summed E-state index contributed by atoms with van der Waals surface area (Å²) < 4.78 is 4.67. The van der Waals surface area contributed by atoms with Crippen molar-refractivity contribution in [2.24, 2.45) is 0 Å². The molecule has 2 aromatic rings. The lowest BCUT2D eigenvalue weighted by Crippen LogP contribution is -2.11. The van der Waals surface area contributed by atoms with E-state index in [2.05, 4.69) is 30.6 Å². The molecule has 1 heterocycles. The molecule has 7 heteroatoms. The number of hydrogen-bond acceptors (Lipinski definition) is 5. The predicted molar refractivity (Wildman–Crippen MR) is 71.2 cm³/mol. The fraction of sp³-hybridized carbons (Fsp3) is 0.100. The Balaban J connectivity index is 2.17. The summed E-state index contributed by atoms with van der Waals surface area (Å²) in [6.45, 7) is 1.77. The zero-order valence-electron chi connectivity index (χ0n) is 8.90. The fourth-order valence-electron chi connectivity index (χ4n) is 1.19. The van der Waals surface area contributed by atoms with Gasteiger partial charge in [-0.1, -0.05) is 0 Å². The van der Waals surface area contributed by atoms with E-state index in [0.29, 0.717) is 26.7 Å². The van der Waals surface area contributed by atoms with Gasteiger partial charge in [0.15, 0.2) is 0 Å². The third-order valence-electron chi connectivity index (χ3n) is 2.01. The lowest BCUT2D eigenvalue weighted by molar-refractivity contribution is 0.102. The number of nitrogens with one attached hydrogen (secondary N) is 1. The van der Waals surface area contributed by atoms with Crippen molar-refractivity contribution in [2.45, 2.75) is 6.92 Å². The van der Waals surface area contributed by atoms with Crippen molar-refractivity contribution in [3.8, 4) is 0 Å². The zero-order chi connectivity index (χ0) is 12.4. The topological polar surface area (TPSA) is 80.9 Å². The third kappa shape index (κ3) is 2.80. The Morgan fingerprint density at radius 2 is 2.29 bits per heavy atom. The van der Waals surface area contributed by atoms with Crippen molar-refractivity contribution in [1.82, 2.24) is 9.36 Å². The molecule has 0 spiro atoms. The molecule has 1 amide bonds. The minimum Gasteiger partial charge on any atom is -0.398 e. The highest BCUT2D eigenvalue weighted by Gasteiger charge is 2.10. The van der Waals surface area contributed by atoms with E-state index in [1.807, 2.05) is 0 Å². The normalized spacial score (nSPS) is 10.2. The number of anilines is 2. The smallest absolute Gasteiger partial charge is 0.257 e. The summed E-state index contributed by atoms with van der Waals surface area (Å²) in [4.78, 5) is 15.9.